The van der Waals surface area contributed by atoms with Gasteiger partial charge in [-0.25, -0.2) is 5.06 Å². The molecular formula is C10H9F3INO2. The molecule has 17 heavy (non-hydrogen) atoms. The van der Waals surface area contributed by atoms with Crippen molar-refractivity contribution in [3.8, 4) is 0 Å². The number of halogens is 4. The molecule has 0 heterocycles. The summed E-state index contributed by atoms with van der Waals surface area (Å²) in [7, 11) is 2.46. The van der Waals surface area contributed by atoms with Gasteiger partial charge >= 0.3 is 6.18 Å². The van der Waals surface area contributed by atoms with Crippen LogP contribution in [0.15, 0.2) is 18.2 Å². The van der Waals surface area contributed by atoms with Crippen LogP contribution in [0.5, 0.6) is 0 Å². The van der Waals surface area contributed by atoms with Gasteiger partial charge in [0.1, 0.15) is 0 Å². The third-order valence-corrected chi connectivity index (χ3v) is 2.75. The van der Waals surface area contributed by atoms with E-state index in [0.717, 1.165) is 17.2 Å². The van der Waals surface area contributed by atoms with E-state index in [1.807, 2.05) is 0 Å². The molecule has 0 spiro atoms. The molecule has 0 fully saturated rings. The van der Waals surface area contributed by atoms with Crippen LogP contribution in [0.3, 0.4) is 0 Å². The van der Waals surface area contributed by atoms with Crippen molar-refractivity contribution in [2.45, 2.75) is 6.18 Å². The largest absolute Gasteiger partial charge is 0.417 e. The van der Waals surface area contributed by atoms with E-state index in [4.69, 9.17) is 0 Å². The molecule has 7 heteroatoms. The van der Waals surface area contributed by atoms with E-state index in [1.165, 1.54) is 20.2 Å². The van der Waals surface area contributed by atoms with Gasteiger partial charge in [-0.05, 0) is 40.8 Å². The van der Waals surface area contributed by atoms with Crippen LogP contribution in [0.1, 0.15) is 15.9 Å². The van der Waals surface area contributed by atoms with Crippen molar-refractivity contribution in [3.05, 3.63) is 32.9 Å². The van der Waals surface area contributed by atoms with Gasteiger partial charge in [-0.3, -0.25) is 9.63 Å². The van der Waals surface area contributed by atoms with Gasteiger partial charge in [-0.15, -0.1) is 0 Å². The number of hydrogen-bond acceptors (Lipinski definition) is 2. The summed E-state index contributed by atoms with van der Waals surface area (Å²) in [6.07, 6.45) is -4.57. The van der Waals surface area contributed by atoms with Crippen molar-refractivity contribution in [1.29, 1.82) is 0 Å². The molecule has 0 unspecified atom stereocenters. The molecular weight excluding hydrogens is 350 g/mol. The maximum Gasteiger partial charge on any atom is 0.417 e. The molecule has 0 aromatic heterocycles. The quantitative estimate of drug-likeness (QED) is 0.600. The minimum absolute atomic E-state index is 0.409. The summed E-state index contributed by atoms with van der Waals surface area (Å²) in [5, 5.41) is 0.747. The van der Waals surface area contributed by atoms with Crippen LogP contribution in [0.2, 0.25) is 0 Å². The normalized spacial score (nSPS) is 11.4. The lowest BCUT2D eigenvalue weighted by molar-refractivity contribution is -0.138. The summed E-state index contributed by atoms with van der Waals surface area (Å²) in [6.45, 7) is 0. The first-order valence-electron chi connectivity index (χ1n) is 4.46. The van der Waals surface area contributed by atoms with E-state index in [1.54, 1.807) is 22.6 Å². The van der Waals surface area contributed by atoms with Crippen LogP contribution in [0, 0.1) is 3.57 Å². The van der Waals surface area contributed by atoms with E-state index in [-0.39, 0.29) is 0 Å². The number of hydroxylamine groups is 2. The SMILES string of the molecule is CON(C)C(=O)c1ccc(I)cc1C(F)(F)F. The second kappa shape index (κ2) is 5.21. The van der Waals surface area contributed by atoms with E-state index in [9.17, 15) is 18.0 Å². The van der Waals surface area contributed by atoms with Crippen LogP contribution in [-0.2, 0) is 11.0 Å². The molecule has 0 aliphatic heterocycles. The van der Waals surface area contributed by atoms with Gasteiger partial charge in [0, 0.05) is 10.6 Å². The Morgan fingerprint density at radius 2 is 2.00 bits per heavy atom. The molecule has 0 bridgehead atoms. The smallest absolute Gasteiger partial charge is 0.274 e. The molecule has 1 amide bonds. The first-order valence-corrected chi connectivity index (χ1v) is 5.54. The number of carbonyl (C=O) groups excluding carboxylic acids is 1. The van der Waals surface area contributed by atoms with Gasteiger partial charge in [0.15, 0.2) is 0 Å². The van der Waals surface area contributed by atoms with Gasteiger partial charge in [0.05, 0.1) is 18.2 Å². The Labute approximate surface area is 110 Å². The monoisotopic (exact) mass is 359 g/mol. The number of carbonyl (C=O) groups is 1. The van der Waals surface area contributed by atoms with Crippen LogP contribution >= 0.6 is 22.6 Å². The van der Waals surface area contributed by atoms with Crippen molar-refractivity contribution >= 4 is 28.5 Å². The lowest BCUT2D eigenvalue weighted by atomic mass is 10.1. The van der Waals surface area contributed by atoms with E-state index in [0.29, 0.717) is 3.57 Å². The summed E-state index contributed by atoms with van der Waals surface area (Å²) < 4.78 is 38.6. The number of hydrogen-bond donors (Lipinski definition) is 0. The van der Waals surface area contributed by atoms with Crippen LogP contribution < -0.4 is 0 Å². The Balaban J connectivity index is 3.29. The summed E-state index contributed by atoms with van der Waals surface area (Å²) in [6, 6.07) is 3.51. The summed E-state index contributed by atoms with van der Waals surface area (Å²) >= 11 is 1.76. The topological polar surface area (TPSA) is 29.5 Å². The number of nitrogens with zero attached hydrogens (tertiary/aromatic N) is 1. The molecule has 0 aliphatic carbocycles. The van der Waals surface area contributed by atoms with Crippen molar-refractivity contribution in [2.75, 3.05) is 14.2 Å². The second-order valence-electron chi connectivity index (χ2n) is 3.17. The minimum Gasteiger partial charge on any atom is -0.274 e. The first-order chi connectivity index (χ1) is 7.77. The number of amides is 1. The molecule has 0 atom stereocenters. The average Bonchev–Trinajstić information content (AvgIpc) is 2.25. The molecule has 1 rings (SSSR count). The summed E-state index contributed by atoms with van der Waals surface area (Å²) in [5.74, 6) is -0.837. The van der Waals surface area contributed by atoms with Gasteiger partial charge in [-0.2, -0.15) is 13.2 Å². The zero-order valence-corrected chi connectivity index (χ0v) is 11.2. The van der Waals surface area contributed by atoms with Crippen molar-refractivity contribution in [2.24, 2.45) is 0 Å². The highest BCUT2D eigenvalue weighted by atomic mass is 127. The van der Waals surface area contributed by atoms with E-state index < -0.39 is 23.2 Å². The molecule has 1 aromatic rings. The summed E-state index contributed by atoms with van der Waals surface area (Å²) in [5.41, 5.74) is -1.39. The van der Waals surface area contributed by atoms with Gasteiger partial charge in [0.2, 0.25) is 0 Å². The molecule has 0 N–H and O–H groups in total. The lowest BCUT2D eigenvalue weighted by Gasteiger charge is -2.17. The van der Waals surface area contributed by atoms with E-state index in [2.05, 4.69) is 4.84 Å². The highest BCUT2D eigenvalue weighted by Gasteiger charge is 2.36. The molecule has 0 saturated heterocycles. The standard InChI is InChI=1S/C10H9F3INO2/c1-15(17-2)9(16)7-4-3-6(14)5-8(7)10(11,12)13/h3-5H,1-2H3. The zero-order chi connectivity index (χ0) is 13.2. The number of rotatable bonds is 2. The Kier molecular flexibility index (Phi) is 4.36. The zero-order valence-electron chi connectivity index (χ0n) is 9.01. The summed E-state index contributed by atoms with van der Waals surface area (Å²) in [4.78, 5) is 16.2. The first kappa shape index (κ1) is 14.2. The van der Waals surface area contributed by atoms with Crippen molar-refractivity contribution in [1.82, 2.24) is 5.06 Å². The molecule has 94 valence electrons. The lowest BCUT2D eigenvalue weighted by Crippen LogP contribution is -2.28. The minimum atomic E-state index is -4.57. The Bertz CT molecular complexity index is 434. The number of benzene rings is 1. The molecule has 0 saturated carbocycles. The third kappa shape index (κ3) is 3.32. The number of alkyl halides is 3. The van der Waals surface area contributed by atoms with E-state index >= 15 is 0 Å². The molecule has 0 aliphatic rings. The fraction of sp³-hybridized carbons (Fsp3) is 0.300. The van der Waals surface area contributed by atoms with Gasteiger partial charge in [-0.1, -0.05) is 0 Å². The Morgan fingerprint density at radius 3 is 2.47 bits per heavy atom. The fourth-order valence-electron chi connectivity index (χ4n) is 1.19. The molecule has 1 aromatic carbocycles. The highest BCUT2D eigenvalue weighted by molar-refractivity contribution is 14.1. The van der Waals surface area contributed by atoms with Crippen LogP contribution in [0.4, 0.5) is 13.2 Å². The molecule has 0 radical (unpaired) electrons. The van der Waals surface area contributed by atoms with Crippen LogP contribution in [-0.4, -0.2) is 25.1 Å². The Morgan fingerprint density at radius 1 is 1.41 bits per heavy atom. The molecule has 3 nitrogen and oxygen atoms in total. The van der Waals surface area contributed by atoms with Crippen LogP contribution in [0.25, 0.3) is 0 Å². The van der Waals surface area contributed by atoms with Crippen molar-refractivity contribution < 1.29 is 22.8 Å². The predicted octanol–water partition coefficient (Wildman–Crippen LogP) is 2.94. The van der Waals surface area contributed by atoms with Gasteiger partial charge < -0.3 is 0 Å². The second-order valence-corrected chi connectivity index (χ2v) is 4.42. The van der Waals surface area contributed by atoms with Crippen molar-refractivity contribution in [3.63, 3.8) is 0 Å². The average molecular weight is 359 g/mol. The van der Waals surface area contributed by atoms with Gasteiger partial charge in [0.25, 0.3) is 5.91 Å². The predicted molar refractivity (Wildman–Crippen MR) is 63.3 cm³/mol. The fourth-order valence-corrected chi connectivity index (χ4v) is 1.68. The third-order valence-electron chi connectivity index (χ3n) is 2.08. The maximum absolute atomic E-state index is 12.7. The highest BCUT2D eigenvalue weighted by Crippen LogP contribution is 2.33. The Hall–Kier alpha value is -0.830. The maximum atomic E-state index is 12.7.